The summed E-state index contributed by atoms with van der Waals surface area (Å²) >= 11 is 0. The number of fused-ring (bicyclic) bond motifs is 1. The van der Waals surface area contributed by atoms with Crippen LogP contribution in [0, 0.1) is 20.8 Å². The Morgan fingerprint density at radius 2 is 1.74 bits per heavy atom. The summed E-state index contributed by atoms with van der Waals surface area (Å²) in [4.78, 5) is 18.1. The van der Waals surface area contributed by atoms with Crippen molar-refractivity contribution in [3.8, 4) is 11.3 Å². The Labute approximate surface area is 203 Å². The number of pyridine rings is 1. The molecule has 4 aromatic rings. The molecule has 1 amide bonds. The van der Waals surface area contributed by atoms with Gasteiger partial charge in [-0.1, -0.05) is 11.6 Å². The van der Waals surface area contributed by atoms with Crippen molar-refractivity contribution in [2.24, 2.45) is 0 Å². The van der Waals surface area contributed by atoms with E-state index < -0.39 is 10.0 Å². The van der Waals surface area contributed by atoms with Crippen LogP contribution < -0.4 is 5.32 Å². The van der Waals surface area contributed by atoms with Crippen molar-refractivity contribution < 1.29 is 22.2 Å². The summed E-state index contributed by atoms with van der Waals surface area (Å²) in [6.07, 6.45) is 2.79. The number of hydrogen-bond donors (Lipinski definition) is 1. The van der Waals surface area contributed by atoms with Gasteiger partial charge in [0.05, 0.1) is 27.2 Å². The van der Waals surface area contributed by atoms with Gasteiger partial charge in [-0.05, 0) is 70.0 Å². The number of amides is 1. The zero-order chi connectivity index (χ0) is 24.7. The van der Waals surface area contributed by atoms with E-state index in [-0.39, 0.29) is 16.5 Å². The first-order chi connectivity index (χ1) is 16.7. The molecule has 0 radical (unpaired) electrons. The van der Waals surface area contributed by atoms with Crippen molar-refractivity contribution in [2.45, 2.75) is 44.9 Å². The summed E-state index contributed by atoms with van der Waals surface area (Å²) in [5.74, 6) is 1.04. The fourth-order valence-corrected chi connectivity index (χ4v) is 5.98. The molecule has 5 rings (SSSR count). The second-order valence-corrected chi connectivity index (χ2v) is 10.7. The molecule has 1 aromatic carbocycles. The van der Waals surface area contributed by atoms with Gasteiger partial charge in [-0.15, -0.1) is 0 Å². The van der Waals surface area contributed by atoms with E-state index >= 15 is 0 Å². The van der Waals surface area contributed by atoms with Crippen LogP contribution in [0.25, 0.3) is 22.4 Å². The van der Waals surface area contributed by atoms with Gasteiger partial charge in [0, 0.05) is 24.3 Å². The van der Waals surface area contributed by atoms with E-state index in [0.717, 1.165) is 30.6 Å². The van der Waals surface area contributed by atoms with Crippen LogP contribution in [0.1, 0.15) is 46.8 Å². The molecule has 1 aliphatic heterocycles. The predicted molar refractivity (Wildman–Crippen MR) is 131 cm³/mol. The molecule has 0 unspecified atom stereocenters. The molecule has 0 atom stereocenters. The van der Waals surface area contributed by atoms with Crippen molar-refractivity contribution in [3.05, 3.63) is 59.2 Å². The number of nitrogens with zero attached hydrogens (tertiary/aromatic N) is 3. The van der Waals surface area contributed by atoms with E-state index in [1.807, 2.05) is 19.9 Å². The number of aryl methyl sites for hydroxylation is 3. The van der Waals surface area contributed by atoms with Gasteiger partial charge >= 0.3 is 0 Å². The van der Waals surface area contributed by atoms with Crippen molar-refractivity contribution in [1.29, 1.82) is 0 Å². The molecule has 1 saturated heterocycles. The second-order valence-electron chi connectivity index (χ2n) is 8.77. The molecule has 0 spiro atoms. The van der Waals surface area contributed by atoms with Crippen LogP contribution in [-0.4, -0.2) is 41.9 Å². The number of rotatable bonds is 5. The number of carbonyl (C=O) groups is 1. The van der Waals surface area contributed by atoms with Gasteiger partial charge in [-0.2, -0.15) is 4.31 Å². The maximum absolute atomic E-state index is 13.3. The highest BCUT2D eigenvalue weighted by Gasteiger charge is 2.26. The van der Waals surface area contributed by atoms with Crippen LogP contribution in [0.2, 0.25) is 0 Å². The summed E-state index contributed by atoms with van der Waals surface area (Å²) in [7, 11) is -3.54. The van der Waals surface area contributed by atoms with E-state index in [4.69, 9.17) is 8.94 Å². The maximum Gasteiger partial charge on any atom is 0.259 e. The lowest BCUT2D eigenvalue weighted by atomic mass is 10.1. The molecular formula is C25H26N4O5S. The zero-order valence-corrected chi connectivity index (χ0v) is 20.6. The molecule has 35 heavy (non-hydrogen) atoms. The molecule has 10 heteroatoms. The van der Waals surface area contributed by atoms with Crippen LogP contribution >= 0.6 is 0 Å². The minimum atomic E-state index is -3.54. The van der Waals surface area contributed by atoms with Gasteiger partial charge in [0.25, 0.3) is 11.6 Å². The normalized spacial score (nSPS) is 14.9. The average molecular weight is 495 g/mol. The first-order valence-corrected chi connectivity index (χ1v) is 12.9. The summed E-state index contributed by atoms with van der Waals surface area (Å²) in [5.41, 5.74) is 2.94. The second kappa shape index (κ2) is 8.94. The number of piperidine rings is 1. The largest absolute Gasteiger partial charge is 0.466 e. The summed E-state index contributed by atoms with van der Waals surface area (Å²) in [6.45, 7) is 6.50. The van der Waals surface area contributed by atoms with Gasteiger partial charge in [0.15, 0.2) is 0 Å². The number of aromatic nitrogens is 2. The number of sulfonamides is 1. The molecule has 9 nitrogen and oxygen atoms in total. The highest BCUT2D eigenvalue weighted by atomic mass is 32.2. The van der Waals surface area contributed by atoms with Crippen LogP contribution in [0.3, 0.4) is 0 Å². The molecule has 0 saturated carbocycles. The SMILES string of the molecule is Cc1cc(-c2cc(C(=O)Nc3ccc(S(=O)(=O)N4CCCCC4)cc3)c3c(C)noc3n2)c(C)o1. The summed E-state index contributed by atoms with van der Waals surface area (Å²) in [6, 6.07) is 9.78. The molecule has 182 valence electrons. The maximum atomic E-state index is 13.3. The Morgan fingerprint density at radius 1 is 1.03 bits per heavy atom. The quantitative estimate of drug-likeness (QED) is 0.422. The van der Waals surface area contributed by atoms with Crippen molar-refractivity contribution in [1.82, 2.24) is 14.4 Å². The Hall–Kier alpha value is -3.50. The average Bonchev–Trinajstić information content (AvgIpc) is 3.40. The third kappa shape index (κ3) is 4.35. The summed E-state index contributed by atoms with van der Waals surface area (Å²) < 4.78 is 38.3. The van der Waals surface area contributed by atoms with Crippen molar-refractivity contribution >= 4 is 32.7 Å². The molecule has 1 N–H and O–H groups in total. The summed E-state index contributed by atoms with van der Waals surface area (Å²) in [5, 5.41) is 7.36. The number of benzene rings is 1. The van der Waals surface area contributed by atoms with Crippen LogP contribution in [0.5, 0.6) is 0 Å². The van der Waals surface area contributed by atoms with Gasteiger partial charge in [0.1, 0.15) is 11.5 Å². The van der Waals surface area contributed by atoms with Crippen LogP contribution in [0.4, 0.5) is 5.69 Å². The van der Waals surface area contributed by atoms with E-state index in [2.05, 4.69) is 15.5 Å². The standard InChI is InChI=1S/C25H26N4O5S/c1-15-13-20(17(3)33-15)22-14-21(23-16(2)28-34-25(23)27-22)24(30)26-18-7-9-19(10-8-18)35(31,32)29-11-5-4-6-12-29/h7-10,13-14H,4-6,11-12H2,1-3H3,(H,26,30). The molecule has 4 heterocycles. The van der Waals surface area contributed by atoms with Crippen LogP contribution in [-0.2, 0) is 10.0 Å². The van der Waals surface area contributed by atoms with Gasteiger partial charge in [-0.3, -0.25) is 4.79 Å². The number of carbonyl (C=O) groups excluding carboxylic acids is 1. The van der Waals surface area contributed by atoms with Gasteiger partial charge in [0.2, 0.25) is 10.0 Å². The minimum absolute atomic E-state index is 0.215. The third-order valence-corrected chi connectivity index (χ3v) is 8.16. The van der Waals surface area contributed by atoms with Crippen molar-refractivity contribution in [3.63, 3.8) is 0 Å². The highest BCUT2D eigenvalue weighted by Crippen LogP contribution is 2.31. The first-order valence-electron chi connectivity index (χ1n) is 11.5. The van der Waals surface area contributed by atoms with Crippen LogP contribution in [0.15, 0.2) is 50.2 Å². The molecule has 1 fully saturated rings. The van der Waals surface area contributed by atoms with E-state index in [1.165, 1.54) is 16.4 Å². The monoisotopic (exact) mass is 494 g/mol. The Bertz CT molecular complexity index is 1510. The Balaban J connectivity index is 1.45. The zero-order valence-electron chi connectivity index (χ0n) is 19.8. The Morgan fingerprint density at radius 3 is 2.40 bits per heavy atom. The number of nitrogens with one attached hydrogen (secondary N) is 1. The lowest BCUT2D eigenvalue weighted by molar-refractivity contribution is 0.102. The van der Waals surface area contributed by atoms with Gasteiger partial charge in [-0.25, -0.2) is 13.4 Å². The smallest absolute Gasteiger partial charge is 0.259 e. The fraction of sp³-hybridized carbons (Fsp3) is 0.320. The number of furan rings is 1. The van der Waals surface area contributed by atoms with E-state index in [0.29, 0.717) is 46.9 Å². The highest BCUT2D eigenvalue weighted by molar-refractivity contribution is 7.89. The topological polar surface area (TPSA) is 119 Å². The molecule has 1 aliphatic rings. The molecule has 3 aromatic heterocycles. The number of anilines is 1. The predicted octanol–water partition coefficient (Wildman–Crippen LogP) is 4.83. The third-order valence-electron chi connectivity index (χ3n) is 6.24. The van der Waals surface area contributed by atoms with Crippen molar-refractivity contribution in [2.75, 3.05) is 18.4 Å². The van der Waals surface area contributed by atoms with E-state index in [1.54, 1.807) is 25.1 Å². The Kier molecular flexibility index (Phi) is 5.94. The lowest BCUT2D eigenvalue weighted by Crippen LogP contribution is -2.35. The molecule has 0 aliphatic carbocycles. The molecular weight excluding hydrogens is 468 g/mol. The molecule has 0 bridgehead atoms. The van der Waals surface area contributed by atoms with E-state index in [9.17, 15) is 13.2 Å². The minimum Gasteiger partial charge on any atom is -0.466 e. The number of hydrogen-bond acceptors (Lipinski definition) is 7. The fourth-order valence-electron chi connectivity index (χ4n) is 4.46. The van der Waals surface area contributed by atoms with Gasteiger partial charge < -0.3 is 14.3 Å². The lowest BCUT2D eigenvalue weighted by Gasteiger charge is -2.25. The first kappa shape index (κ1) is 23.3.